The van der Waals surface area contributed by atoms with Crippen LogP contribution >= 0.6 is 0 Å². The van der Waals surface area contributed by atoms with Crippen LogP contribution in [0.1, 0.15) is 457 Å². The molecule has 0 aliphatic carbocycles. The van der Waals surface area contributed by atoms with E-state index in [4.69, 9.17) is 4.74 Å². The third-order valence-corrected chi connectivity index (χ3v) is 19.0. The lowest BCUT2D eigenvalue weighted by molar-refractivity contribution is -0.143. The van der Waals surface area contributed by atoms with Crippen LogP contribution in [-0.2, 0) is 14.3 Å². The molecule has 0 rings (SSSR count). The van der Waals surface area contributed by atoms with Crippen LogP contribution in [0.25, 0.3) is 0 Å². The highest BCUT2D eigenvalue weighted by atomic mass is 16.5. The first-order chi connectivity index (χ1) is 43.0. The van der Waals surface area contributed by atoms with E-state index in [-0.39, 0.29) is 18.5 Å². The van der Waals surface area contributed by atoms with Gasteiger partial charge < -0.3 is 20.3 Å². The van der Waals surface area contributed by atoms with E-state index in [1.807, 2.05) is 0 Å². The number of aliphatic hydroxyl groups is 2. The molecule has 87 heavy (non-hydrogen) atoms. The average molecular weight is 1230 g/mol. The molecular weight excluding hydrogens is 1070 g/mol. The number of carbonyl (C=O) groups is 2. The Kier molecular flexibility index (Phi) is 75.3. The van der Waals surface area contributed by atoms with Gasteiger partial charge in [0.2, 0.25) is 5.91 Å². The highest BCUT2D eigenvalue weighted by Gasteiger charge is 2.20. The molecule has 0 spiro atoms. The van der Waals surface area contributed by atoms with Gasteiger partial charge in [0, 0.05) is 12.8 Å². The second-order valence-corrected chi connectivity index (χ2v) is 27.8. The molecule has 0 saturated carbocycles. The number of ether oxygens (including phenoxy) is 1. The Morgan fingerprint density at radius 3 is 0.874 bits per heavy atom. The highest BCUT2D eigenvalue weighted by molar-refractivity contribution is 5.76. The van der Waals surface area contributed by atoms with Crippen molar-refractivity contribution in [1.29, 1.82) is 0 Å². The molecular formula is C81H157NO5. The number of hydrogen-bond acceptors (Lipinski definition) is 5. The Morgan fingerprint density at radius 2 is 0.575 bits per heavy atom. The molecule has 1 amide bonds. The van der Waals surface area contributed by atoms with Gasteiger partial charge in [0.25, 0.3) is 0 Å². The van der Waals surface area contributed by atoms with Crippen molar-refractivity contribution in [2.75, 3.05) is 13.2 Å². The van der Waals surface area contributed by atoms with E-state index in [0.717, 1.165) is 44.9 Å². The zero-order valence-electron chi connectivity index (χ0n) is 59.3. The maximum atomic E-state index is 12.6. The molecule has 0 radical (unpaired) electrons. The number of nitrogens with one attached hydrogen (secondary N) is 1. The number of allylic oxidation sites excluding steroid dienone is 4. The van der Waals surface area contributed by atoms with E-state index < -0.39 is 12.1 Å². The Labute approximate surface area is 545 Å². The van der Waals surface area contributed by atoms with Gasteiger partial charge in [0.15, 0.2) is 0 Å². The summed E-state index contributed by atoms with van der Waals surface area (Å²) >= 11 is 0. The summed E-state index contributed by atoms with van der Waals surface area (Å²) in [6, 6.07) is -0.541. The lowest BCUT2D eigenvalue weighted by Gasteiger charge is -2.22. The van der Waals surface area contributed by atoms with Crippen molar-refractivity contribution in [3.63, 3.8) is 0 Å². The van der Waals surface area contributed by atoms with E-state index in [1.165, 1.54) is 379 Å². The molecule has 0 aliphatic heterocycles. The van der Waals surface area contributed by atoms with E-state index >= 15 is 0 Å². The molecule has 0 saturated heterocycles. The van der Waals surface area contributed by atoms with Gasteiger partial charge in [-0.05, 0) is 57.8 Å². The number of amides is 1. The number of aliphatic hydroxyl groups excluding tert-OH is 2. The Balaban J connectivity index is 3.38. The molecule has 6 nitrogen and oxygen atoms in total. The van der Waals surface area contributed by atoms with E-state index in [9.17, 15) is 19.8 Å². The predicted octanol–water partition coefficient (Wildman–Crippen LogP) is 26.4. The quantitative estimate of drug-likeness (QED) is 0.0320. The van der Waals surface area contributed by atoms with Crippen molar-refractivity contribution in [3.8, 4) is 0 Å². The molecule has 2 atom stereocenters. The molecule has 0 heterocycles. The molecule has 6 heteroatoms. The largest absolute Gasteiger partial charge is 0.466 e. The second kappa shape index (κ2) is 76.8. The average Bonchev–Trinajstić information content (AvgIpc) is 3.52. The molecule has 0 aromatic rings. The van der Waals surface area contributed by atoms with Crippen molar-refractivity contribution in [3.05, 3.63) is 24.3 Å². The summed E-state index contributed by atoms with van der Waals surface area (Å²) in [7, 11) is 0. The number of unbranched alkanes of at least 4 members (excludes halogenated alkanes) is 61. The fraction of sp³-hybridized carbons (Fsp3) is 0.926. The van der Waals surface area contributed by atoms with Gasteiger partial charge in [0.1, 0.15) is 0 Å². The topological polar surface area (TPSA) is 95.9 Å². The summed E-state index contributed by atoms with van der Waals surface area (Å²) in [5.74, 6) is -0.0112. The van der Waals surface area contributed by atoms with Gasteiger partial charge in [-0.2, -0.15) is 0 Å². The van der Waals surface area contributed by atoms with Crippen LogP contribution in [0.15, 0.2) is 24.3 Å². The Bertz CT molecular complexity index is 1360. The van der Waals surface area contributed by atoms with Crippen LogP contribution in [-0.4, -0.2) is 47.4 Å². The van der Waals surface area contributed by atoms with Gasteiger partial charge in [-0.25, -0.2) is 0 Å². The molecule has 0 aliphatic rings. The Morgan fingerprint density at radius 1 is 0.322 bits per heavy atom. The van der Waals surface area contributed by atoms with Crippen molar-refractivity contribution in [2.24, 2.45) is 0 Å². The smallest absolute Gasteiger partial charge is 0.305 e. The zero-order valence-corrected chi connectivity index (χ0v) is 59.3. The number of esters is 1. The summed E-state index contributed by atoms with van der Waals surface area (Å²) in [6.07, 6.45) is 98.5. The summed E-state index contributed by atoms with van der Waals surface area (Å²) in [5, 5.41) is 23.5. The summed E-state index contributed by atoms with van der Waals surface area (Å²) < 4.78 is 5.48. The van der Waals surface area contributed by atoms with Crippen molar-refractivity contribution < 1.29 is 24.5 Å². The zero-order chi connectivity index (χ0) is 62.8. The van der Waals surface area contributed by atoms with Crippen LogP contribution in [0.4, 0.5) is 0 Å². The molecule has 0 bridgehead atoms. The lowest BCUT2D eigenvalue weighted by Crippen LogP contribution is -2.45. The third kappa shape index (κ3) is 73.3. The van der Waals surface area contributed by atoms with Crippen LogP contribution in [0.3, 0.4) is 0 Å². The van der Waals surface area contributed by atoms with Crippen molar-refractivity contribution in [1.82, 2.24) is 5.32 Å². The van der Waals surface area contributed by atoms with Gasteiger partial charge in [0.05, 0.1) is 25.4 Å². The van der Waals surface area contributed by atoms with E-state index in [2.05, 4.69) is 43.5 Å². The van der Waals surface area contributed by atoms with Gasteiger partial charge >= 0.3 is 5.97 Å². The SMILES string of the molecule is CCCCCCCCCCCCCCCCCCCCCCCCCCCC(O)C(CO)NC(=O)CCCCCCCCCCCCCCCCCCC/C=C\C/C=C\CCCCCCCCCCCOC(=O)CCCCCCCCCCCCCC. The third-order valence-electron chi connectivity index (χ3n) is 19.0. The monoisotopic (exact) mass is 1220 g/mol. The normalized spacial score (nSPS) is 12.6. The fourth-order valence-corrected chi connectivity index (χ4v) is 12.9. The predicted molar refractivity (Wildman–Crippen MR) is 384 cm³/mol. The van der Waals surface area contributed by atoms with Crippen LogP contribution in [0, 0.1) is 0 Å². The first-order valence-electron chi connectivity index (χ1n) is 40.1. The van der Waals surface area contributed by atoms with Crippen LogP contribution in [0.2, 0.25) is 0 Å². The highest BCUT2D eigenvalue weighted by Crippen LogP contribution is 2.20. The van der Waals surface area contributed by atoms with Gasteiger partial charge in [-0.3, -0.25) is 9.59 Å². The first-order valence-corrected chi connectivity index (χ1v) is 40.1. The summed E-state index contributed by atoms with van der Waals surface area (Å²) in [4.78, 5) is 24.6. The van der Waals surface area contributed by atoms with E-state index in [1.54, 1.807) is 0 Å². The van der Waals surface area contributed by atoms with Crippen molar-refractivity contribution >= 4 is 11.9 Å². The van der Waals surface area contributed by atoms with Crippen LogP contribution in [0.5, 0.6) is 0 Å². The fourth-order valence-electron chi connectivity index (χ4n) is 12.9. The maximum Gasteiger partial charge on any atom is 0.305 e. The summed E-state index contributed by atoms with van der Waals surface area (Å²) in [5.41, 5.74) is 0. The molecule has 3 N–H and O–H groups in total. The molecule has 0 fully saturated rings. The molecule has 516 valence electrons. The number of carbonyl (C=O) groups excluding carboxylic acids is 2. The maximum absolute atomic E-state index is 12.6. The molecule has 0 aromatic heterocycles. The minimum absolute atomic E-state index is 0.0159. The van der Waals surface area contributed by atoms with E-state index in [0.29, 0.717) is 25.9 Å². The van der Waals surface area contributed by atoms with Gasteiger partial charge in [-0.15, -0.1) is 0 Å². The minimum atomic E-state index is -0.665. The van der Waals surface area contributed by atoms with Crippen molar-refractivity contribution in [2.45, 2.75) is 469 Å². The van der Waals surface area contributed by atoms with Gasteiger partial charge in [-0.1, -0.05) is 411 Å². The Hall–Kier alpha value is -1.66. The lowest BCUT2D eigenvalue weighted by atomic mass is 10.0. The first kappa shape index (κ1) is 85.3. The second-order valence-electron chi connectivity index (χ2n) is 27.8. The number of rotatable bonds is 76. The summed E-state index contributed by atoms with van der Waals surface area (Å²) in [6.45, 7) is 5.00. The molecule has 0 aromatic carbocycles. The van der Waals surface area contributed by atoms with Crippen LogP contribution < -0.4 is 5.32 Å². The minimum Gasteiger partial charge on any atom is -0.466 e. The molecule has 2 unspecified atom stereocenters. The standard InChI is InChI=1S/C81H157NO5/c1-3-5-7-9-11-13-15-17-18-19-20-21-22-32-35-38-41-44-47-50-53-57-61-65-69-73-79(84)78(77-83)82-80(85)74-70-66-62-58-54-51-48-45-42-39-36-33-30-28-26-24-23-25-27-29-31-34-37-40-43-46-49-52-56-60-64-68-72-76-87-81(86)75-71-67-63-59-55-16-14-12-10-8-6-4-2/h27,29,34,37,78-79,83-84H,3-26,28,30-33,35-36,38-77H2,1-2H3,(H,82,85)/b29-27-,37-34-. The number of hydrogen-bond donors (Lipinski definition) is 3.